The Balaban J connectivity index is 2.33. The third-order valence-electron chi connectivity index (χ3n) is 3.00. The van der Waals surface area contributed by atoms with E-state index in [0.29, 0.717) is 11.6 Å². The zero-order valence-corrected chi connectivity index (χ0v) is 10.7. The molecule has 2 rings (SSSR count). The normalized spacial score (nSPS) is 13.2. The van der Waals surface area contributed by atoms with Gasteiger partial charge in [-0.1, -0.05) is 18.2 Å². The lowest BCUT2D eigenvalue weighted by atomic mass is 9.96. The SMILES string of the molecule is OC(Cc1cccc(F)c1)c1ccc(F)cc1C(F)(F)F. The number of rotatable bonds is 3. The minimum atomic E-state index is -4.78. The highest BCUT2D eigenvalue weighted by molar-refractivity contribution is 5.33. The maximum atomic E-state index is 13.0. The number of aliphatic hydroxyl groups excluding tert-OH is 1. The second-order valence-corrected chi connectivity index (χ2v) is 4.58. The highest BCUT2D eigenvalue weighted by Crippen LogP contribution is 2.36. The fraction of sp³-hybridized carbons (Fsp3) is 0.200. The van der Waals surface area contributed by atoms with Crippen molar-refractivity contribution in [2.45, 2.75) is 18.7 Å². The Hall–Kier alpha value is -1.95. The highest BCUT2D eigenvalue weighted by Gasteiger charge is 2.35. The van der Waals surface area contributed by atoms with Crippen LogP contribution >= 0.6 is 0 Å². The van der Waals surface area contributed by atoms with E-state index in [9.17, 15) is 27.1 Å². The minimum Gasteiger partial charge on any atom is -0.388 e. The van der Waals surface area contributed by atoms with Crippen molar-refractivity contribution in [2.24, 2.45) is 0 Å². The average Bonchev–Trinajstić information content (AvgIpc) is 2.37. The summed E-state index contributed by atoms with van der Waals surface area (Å²) in [7, 11) is 0. The van der Waals surface area contributed by atoms with Gasteiger partial charge in [-0.25, -0.2) is 8.78 Å². The van der Waals surface area contributed by atoms with Crippen molar-refractivity contribution in [3.63, 3.8) is 0 Å². The van der Waals surface area contributed by atoms with Crippen LogP contribution in [0, 0.1) is 11.6 Å². The van der Waals surface area contributed by atoms with Crippen LogP contribution in [0.25, 0.3) is 0 Å². The number of halogens is 5. The molecule has 6 heteroatoms. The Morgan fingerprint density at radius 3 is 2.24 bits per heavy atom. The van der Waals surface area contributed by atoms with Gasteiger partial charge in [-0.2, -0.15) is 13.2 Å². The molecule has 2 aromatic rings. The molecule has 0 aliphatic heterocycles. The van der Waals surface area contributed by atoms with Crippen LogP contribution in [0.15, 0.2) is 42.5 Å². The fourth-order valence-corrected chi connectivity index (χ4v) is 2.06. The Morgan fingerprint density at radius 1 is 0.952 bits per heavy atom. The summed E-state index contributed by atoms with van der Waals surface area (Å²) in [5, 5.41) is 9.96. The summed E-state index contributed by atoms with van der Waals surface area (Å²) in [6.07, 6.45) is -6.49. The quantitative estimate of drug-likeness (QED) is 0.840. The van der Waals surface area contributed by atoms with Gasteiger partial charge in [0.25, 0.3) is 0 Å². The van der Waals surface area contributed by atoms with Gasteiger partial charge in [0.05, 0.1) is 11.7 Å². The van der Waals surface area contributed by atoms with Crippen LogP contribution in [0.4, 0.5) is 22.0 Å². The lowest BCUT2D eigenvalue weighted by Crippen LogP contribution is -2.14. The Labute approximate surface area is 117 Å². The third-order valence-corrected chi connectivity index (χ3v) is 3.00. The first-order chi connectivity index (χ1) is 9.77. The minimum absolute atomic E-state index is 0.202. The summed E-state index contributed by atoms with van der Waals surface area (Å²) in [5.41, 5.74) is -1.32. The molecule has 0 amide bonds. The molecule has 0 aromatic heterocycles. The molecule has 21 heavy (non-hydrogen) atoms. The summed E-state index contributed by atoms with van der Waals surface area (Å²) in [5.74, 6) is -1.58. The molecule has 0 bridgehead atoms. The van der Waals surface area contributed by atoms with Crippen molar-refractivity contribution in [3.8, 4) is 0 Å². The Morgan fingerprint density at radius 2 is 1.62 bits per heavy atom. The molecule has 2 aromatic carbocycles. The lowest BCUT2D eigenvalue weighted by molar-refractivity contribution is -0.139. The van der Waals surface area contributed by atoms with Crippen LogP contribution in [-0.4, -0.2) is 5.11 Å². The van der Waals surface area contributed by atoms with E-state index in [1.807, 2.05) is 0 Å². The first-order valence-electron chi connectivity index (χ1n) is 6.06. The summed E-state index contributed by atoms with van der Waals surface area (Å²) in [6, 6.07) is 7.27. The van der Waals surface area contributed by atoms with E-state index in [0.717, 1.165) is 18.2 Å². The summed E-state index contributed by atoms with van der Waals surface area (Å²) >= 11 is 0. The molecule has 0 fully saturated rings. The van der Waals surface area contributed by atoms with Crippen molar-refractivity contribution < 1.29 is 27.1 Å². The van der Waals surface area contributed by atoms with Crippen LogP contribution in [0.3, 0.4) is 0 Å². The first kappa shape index (κ1) is 15.4. The molecule has 112 valence electrons. The number of benzene rings is 2. The largest absolute Gasteiger partial charge is 0.416 e. The van der Waals surface area contributed by atoms with E-state index in [1.54, 1.807) is 0 Å². The second kappa shape index (κ2) is 5.81. The van der Waals surface area contributed by atoms with E-state index in [4.69, 9.17) is 0 Å². The Kier molecular flexibility index (Phi) is 4.27. The summed E-state index contributed by atoms with van der Waals surface area (Å²) in [6.45, 7) is 0. The second-order valence-electron chi connectivity index (χ2n) is 4.58. The molecular formula is C15H11F5O. The molecule has 0 aliphatic rings. The van der Waals surface area contributed by atoms with Gasteiger partial charge in [0.1, 0.15) is 11.6 Å². The smallest absolute Gasteiger partial charge is 0.388 e. The molecule has 1 nitrogen and oxygen atoms in total. The van der Waals surface area contributed by atoms with Crippen molar-refractivity contribution in [2.75, 3.05) is 0 Å². The van der Waals surface area contributed by atoms with Crippen molar-refractivity contribution in [1.82, 2.24) is 0 Å². The van der Waals surface area contributed by atoms with Gasteiger partial charge >= 0.3 is 6.18 Å². The zero-order chi connectivity index (χ0) is 15.6. The first-order valence-corrected chi connectivity index (χ1v) is 6.06. The highest BCUT2D eigenvalue weighted by atomic mass is 19.4. The van der Waals surface area contributed by atoms with Crippen molar-refractivity contribution in [3.05, 3.63) is 70.8 Å². The standard InChI is InChI=1S/C15H11F5O/c16-10-3-1-2-9(6-10)7-14(21)12-5-4-11(17)8-13(12)15(18,19)20/h1-6,8,14,21H,7H2. The molecule has 1 N–H and O–H groups in total. The molecular weight excluding hydrogens is 291 g/mol. The van der Waals surface area contributed by atoms with Crippen molar-refractivity contribution >= 4 is 0 Å². The molecule has 0 saturated carbocycles. The average molecular weight is 302 g/mol. The molecule has 0 spiro atoms. The third kappa shape index (κ3) is 3.78. The van der Waals surface area contributed by atoms with Gasteiger partial charge in [0.15, 0.2) is 0 Å². The van der Waals surface area contributed by atoms with E-state index < -0.39 is 35.0 Å². The van der Waals surface area contributed by atoms with Crippen molar-refractivity contribution in [1.29, 1.82) is 0 Å². The van der Waals surface area contributed by atoms with E-state index in [-0.39, 0.29) is 6.42 Å². The van der Waals surface area contributed by atoms with Crippen LogP contribution in [0.1, 0.15) is 22.8 Å². The zero-order valence-electron chi connectivity index (χ0n) is 10.7. The van der Waals surface area contributed by atoms with E-state index in [2.05, 4.69) is 0 Å². The van der Waals surface area contributed by atoms with Crippen LogP contribution < -0.4 is 0 Å². The maximum Gasteiger partial charge on any atom is 0.416 e. The van der Waals surface area contributed by atoms with Gasteiger partial charge in [-0.05, 0) is 35.4 Å². The maximum absolute atomic E-state index is 13.0. The predicted octanol–water partition coefficient (Wildman–Crippen LogP) is 4.26. The van der Waals surface area contributed by atoms with Gasteiger partial charge in [-0.15, -0.1) is 0 Å². The van der Waals surface area contributed by atoms with Gasteiger partial charge < -0.3 is 5.11 Å². The fourth-order valence-electron chi connectivity index (χ4n) is 2.06. The molecule has 0 saturated heterocycles. The molecule has 1 unspecified atom stereocenters. The number of aliphatic hydroxyl groups is 1. The van der Waals surface area contributed by atoms with E-state index >= 15 is 0 Å². The predicted molar refractivity (Wildman–Crippen MR) is 66.5 cm³/mol. The number of alkyl halides is 3. The van der Waals surface area contributed by atoms with Gasteiger partial charge in [0.2, 0.25) is 0 Å². The van der Waals surface area contributed by atoms with Crippen LogP contribution in [0.2, 0.25) is 0 Å². The van der Waals surface area contributed by atoms with Gasteiger partial charge in [0, 0.05) is 6.42 Å². The monoisotopic (exact) mass is 302 g/mol. The summed E-state index contributed by atoms with van der Waals surface area (Å²) in [4.78, 5) is 0. The number of hydrogen-bond donors (Lipinski definition) is 1. The van der Waals surface area contributed by atoms with E-state index in [1.165, 1.54) is 18.2 Å². The summed E-state index contributed by atoms with van der Waals surface area (Å²) < 4.78 is 64.6. The van der Waals surface area contributed by atoms with Crippen LogP contribution in [0.5, 0.6) is 0 Å². The van der Waals surface area contributed by atoms with Gasteiger partial charge in [-0.3, -0.25) is 0 Å². The molecule has 1 atom stereocenters. The molecule has 0 heterocycles. The lowest BCUT2D eigenvalue weighted by Gasteiger charge is -2.17. The Bertz CT molecular complexity index is 636. The molecule has 0 aliphatic carbocycles. The molecule has 0 radical (unpaired) electrons. The van der Waals surface area contributed by atoms with Crippen LogP contribution in [-0.2, 0) is 12.6 Å². The number of hydrogen-bond acceptors (Lipinski definition) is 1. The topological polar surface area (TPSA) is 20.2 Å².